The molecule has 19 heavy (non-hydrogen) atoms. The fourth-order valence-electron chi connectivity index (χ4n) is 1.82. The van der Waals surface area contributed by atoms with E-state index < -0.39 is 5.54 Å². The molecule has 6 heteroatoms. The number of nitrogens with one attached hydrogen (secondary N) is 2. The summed E-state index contributed by atoms with van der Waals surface area (Å²) in [5.74, 6) is 0.334. The third-order valence-electron chi connectivity index (χ3n) is 3.10. The highest BCUT2D eigenvalue weighted by molar-refractivity contribution is 5.60. The zero-order valence-corrected chi connectivity index (χ0v) is 10.7. The SMILES string of the molecule is CC(CN)(Nc1nc[nH]c(=O)c1N)c1ccccc1. The van der Waals surface area contributed by atoms with Crippen LogP contribution in [0.25, 0.3) is 0 Å². The standard InChI is InChI=1S/C13H17N5O/c1-13(7-14,9-5-3-2-4-6-9)18-11-10(15)12(19)17-8-16-11/h2-6,8H,7,14-15H2,1H3,(H2,16,17,18,19). The van der Waals surface area contributed by atoms with Gasteiger partial charge in [-0.3, -0.25) is 4.79 Å². The summed E-state index contributed by atoms with van der Waals surface area (Å²) in [7, 11) is 0. The average molecular weight is 259 g/mol. The first-order valence-corrected chi connectivity index (χ1v) is 5.94. The van der Waals surface area contributed by atoms with Gasteiger partial charge in [0.05, 0.1) is 11.9 Å². The summed E-state index contributed by atoms with van der Waals surface area (Å²) in [4.78, 5) is 17.9. The summed E-state index contributed by atoms with van der Waals surface area (Å²) in [5, 5.41) is 3.15. The Balaban J connectivity index is 2.39. The van der Waals surface area contributed by atoms with Gasteiger partial charge in [-0.1, -0.05) is 30.3 Å². The van der Waals surface area contributed by atoms with Crippen LogP contribution in [0.15, 0.2) is 41.5 Å². The molecule has 1 unspecified atom stereocenters. The lowest BCUT2D eigenvalue weighted by Gasteiger charge is -2.30. The van der Waals surface area contributed by atoms with Gasteiger partial charge in [0.15, 0.2) is 5.82 Å². The first kappa shape index (κ1) is 13.1. The molecule has 1 heterocycles. The molecule has 0 saturated carbocycles. The van der Waals surface area contributed by atoms with Crippen LogP contribution < -0.4 is 22.3 Å². The quantitative estimate of drug-likeness (QED) is 0.644. The molecule has 0 aliphatic rings. The first-order chi connectivity index (χ1) is 9.07. The van der Waals surface area contributed by atoms with E-state index in [0.29, 0.717) is 12.4 Å². The van der Waals surface area contributed by atoms with Crippen LogP contribution in [0.4, 0.5) is 11.5 Å². The van der Waals surface area contributed by atoms with Crippen molar-refractivity contribution in [3.05, 3.63) is 52.6 Å². The molecule has 0 fully saturated rings. The average Bonchev–Trinajstić information content (AvgIpc) is 2.45. The molecule has 2 aromatic rings. The van der Waals surface area contributed by atoms with E-state index in [2.05, 4.69) is 15.3 Å². The second-order valence-electron chi connectivity index (χ2n) is 4.52. The molecule has 0 bridgehead atoms. The van der Waals surface area contributed by atoms with E-state index in [-0.39, 0.29) is 11.2 Å². The topological polar surface area (TPSA) is 110 Å². The fourth-order valence-corrected chi connectivity index (χ4v) is 1.82. The van der Waals surface area contributed by atoms with Crippen molar-refractivity contribution in [1.29, 1.82) is 0 Å². The maximum atomic E-state index is 11.5. The molecule has 6 N–H and O–H groups in total. The summed E-state index contributed by atoms with van der Waals surface area (Å²) in [6.07, 6.45) is 1.31. The highest BCUT2D eigenvalue weighted by Gasteiger charge is 2.26. The number of aromatic amines is 1. The zero-order chi connectivity index (χ0) is 13.9. The predicted octanol–water partition coefficient (Wildman–Crippen LogP) is 0.638. The van der Waals surface area contributed by atoms with Crippen LogP contribution in [-0.4, -0.2) is 16.5 Å². The Labute approximate surface area is 110 Å². The number of hydrogen-bond donors (Lipinski definition) is 4. The third kappa shape index (κ3) is 2.58. The Morgan fingerprint density at radius 1 is 1.37 bits per heavy atom. The lowest BCUT2D eigenvalue weighted by atomic mass is 9.92. The van der Waals surface area contributed by atoms with Crippen molar-refractivity contribution in [2.75, 3.05) is 17.6 Å². The molecule has 1 aromatic carbocycles. The summed E-state index contributed by atoms with van der Waals surface area (Å²) in [6, 6.07) is 9.71. The van der Waals surface area contributed by atoms with Crippen LogP contribution in [0.2, 0.25) is 0 Å². The maximum absolute atomic E-state index is 11.5. The van der Waals surface area contributed by atoms with Crippen LogP contribution in [0.1, 0.15) is 12.5 Å². The molecular weight excluding hydrogens is 242 g/mol. The minimum absolute atomic E-state index is 0.0538. The van der Waals surface area contributed by atoms with Crippen LogP contribution in [0.3, 0.4) is 0 Å². The third-order valence-corrected chi connectivity index (χ3v) is 3.10. The number of nitrogens with two attached hydrogens (primary N) is 2. The van der Waals surface area contributed by atoms with Gasteiger partial charge in [-0.15, -0.1) is 0 Å². The largest absolute Gasteiger partial charge is 0.391 e. The van der Waals surface area contributed by atoms with Crippen molar-refractivity contribution >= 4 is 11.5 Å². The lowest BCUT2D eigenvalue weighted by Crippen LogP contribution is -2.40. The number of H-pyrrole nitrogens is 1. The van der Waals surface area contributed by atoms with Crippen LogP contribution in [0, 0.1) is 0 Å². The molecule has 0 aliphatic heterocycles. The number of anilines is 2. The Hall–Kier alpha value is -2.34. The van der Waals surface area contributed by atoms with Crippen molar-refractivity contribution in [1.82, 2.24) is 9.97 Å². The molecule has 0 spiro atoms. The maximum Gasteiger partial charge on any atom is 0.276 e. The molecule has 0 saturated heterocycles. The van der Waals surface area contributed by atoms with E-state index in [0.717, 1.165) is 5.56 Å². The van der Waals surface area contributed by atoms with Crippen molar-refractivity contribution in [3.63, 3.8) is 0 Å². The molecule has 0 radical (unpaired) electrons. The minimum atomic E-state index is -0.545. The van der Waals surface area contributed by atoms with E-state index in [9.17, 15) is 4.79 Å². The van der Waals surface area contributed by atoms with E-state index in [1.165, 1.54) is 6.33 Å². The summed E-state index contributed by atoms with van der Waals surface area (Å²) in [5.41, 5.74) is 11.7. The van der Waals surface area contributed by atoms with Gasteiger partial charge < -0.3 is 21.8 Å². The zero-order valence-electron chi connectivity index (χ0n) is 10.7. The molecule has 1 atom stereocenters. The van der Waals surface area contributed by atoms with E-state index in [1.54, 1.807) is 0 Å². The van der Waals surface area contributed by atoms with E-state index in [4.69, 9.17) is 11.5 Å². The van der Waals surface area contributed by atoms with Gasteiger partial charge in [-0.05, 0) is 12.5 Å². The van der Waals surface area contributed by atoms with Gasteiger partial charge >= 0.3 is 0 Å². The Morgan fingerprint density at radius 2 is 2.05 bits per heavy atom. The Bertz CT molecular complexity index is 610. The number of hydrogen-bond acceptors (Lipinski definition) is 5. The normalized spacial score (nSPS) is 13.8. The number of aromatic nitrogens is 2. The number of rotatable bonds is 4. The van der Waals surface area contributed by atoms with Gasteiger partial charge in [-0.25, -0.2) is 4.98 Å². The second kappa shape index (κ2) is 5.11. The first-order valence-electron chi connectivity index (χ1n) is 5.94. The molecule has 6 nitrogen and oxygen atoms in total. The lowest BCUT2D eigenvalue weighted by molar-refractivity contribution is 0.554. The van der Waals surface area contributed by atoms with Gasteiger partial charge in [0.1, 0.15) is 5.69 Å². The smallest absolute Gasteiger partial charge is 0.276 e. The second-order valence-corrected chi connectivity index (χ2v) is 4.52. The monoisotopic (exact) mass is 259 g/mol. The summed E-state index contributed by atoms with van der Waals surface area (Å²) >= 11 is 0. The Morgan fingerprint density at radius 3 is 2.68 bits per heavy atom. The Kier molecular flexibility index (Phi) is 3.52. The molecular formula is C13H17N5O. The molecule has 2 rings (SSSR count). The number of nitrogen functional groups attached to an aromatic ring is 1. The summed E-state index contributed by atoms with van der Waals surface area (Å²) < 4.78 is 0. The molecule has 0 amide bonds. The number of benzene rings is 1. The number of nitrogens with zero attached hydrogens (tertiary/aromatic N) is 1. The van der Waals surface area contributed by atoms with Crippen LogP contribution >= 0.6 is 0 Å². The van der Waals surface area contributed by atoms with Crippen LogP contribution in [0.5, 0.6) is 0 Å². The predicted molar refractivity (Wildman–Crippen MR) is 75.7 cm³/mol. The molecule has 0 aliphatic carbocycles. The van der Waals surface area contributed by atoms with E-state index >= 15 is 0 Å². The van der Waals surface area contributed by atoms with Gasteiger partial charge in [0.2, 0.25) is 0 Å². The summed E-state index contributed by atoms with van der Waals surface area (Å²) in [6.45, 7) is 2.27. The van der Waals surface area contributed by atoms with E-state index in [1.807, 2.05) is 37.3 Å². The van der Waals surface area contributed by atoms with Crippen LogP contribution in [-0.2, 0) is 5.54 Å². The van der Waals surface area contributed by atoms with Gasteiger partial charge in [0, 0.05) is 6.54 Å². The van der Waals surface area contributed by atoms with Crippen molar-refractivity contribution in [2.24, 2.45) is 5.73 Å². The highest BCUT2D eigenvalue weighted by Crippen LogP contribution is 2.25. The molecule has 1 aromatic heterocycles. The highest BCUT2D eigenvalue weighted by atomic mass is 16.1. The van der Waals surface area contributed by atoms with Crippen molar-refractivity contribution in [2.45, 2.75) is 12.5 Å². The minimum Gasteiger partial charge on any atom is -0.391 e. The van der Waals surface area contributed by atoms with Crippen molar-refractivity contribution < 1.29 is 0 Å². The fraction of sp³-hybridized carbons (Fsp3) is 0.231. The van der Waals surface area contributed by atoms with Gasteiger partial charge in [0.25, 0.3) is 5.56 Å². The molecule has 100 valence electrons. The van der Waals surface area contributed by atoms with Gasteiger partial charge in [-0.2, -0.15) is 0 Å². The van der Waals surface area contributed by atoms with Crippen molar-refractivity contribution in [3.8, 4) is 0 Å².